The molecule has 0 bridgehead atoms. The minimum atomic E-state index is -3.23. The molecule has 0 atom stereocenters. The van der Waals surface area contributed by atoms with Gasteiger partial charge in [-0.05, 0) is 44.9 Å². The number of anilines is 1. The molecule has 0 spiro atoms. The van der Waals surface area contributed by atoms with Crippen LogP contribution in [0.2, 0.25) is 0 Å². The van der Waals surface area contributed by atoms with Crippen molar-refractivity contribution in [2.75, 3.05) is 36.8 Å². The van der Waals surface area contributed by atoms with Crippen LogP contribution < -0.4 is 4.90 Å². The van der Waals surface area contributed by atoms with E-state index in [1.165, 1.54) is 5.56 Å². The van der Waals surface area contributed by atoms with E-state index in [1.807, 2.05) is 41.9 Å². The predicted molar refractivity (Wildman–Crippen MR) is 143 cm³/mol. The Bertz CT molecular complexity index is 1470. The van der Waals surface area contributed by atoms with Crippen molar-refractivity contribution >= 4 is 26.9 Å². The van der Waals surface area contributed by atoms with Gasteiger partial charge in [0.2, 0.25) is 10.0 Å². The third-order valence-electron chi connectivity index (χ3n) is 6.73. The average Bonchev–Trinajstić information content (AvgIpc) is 3.05. The molecule has 36 heavy (non-hydrogen) atoms. The molecule has 0 aliphatic carbocycles. The second-order valence-corrected chi connectivity index (χ2v) is 11.6. The van der Waals surface area contributed by atoms with Gasteiger partial charge >= 0.3 is 0 Å². The summed E-state index contributed by atoms with van der Waals surface area (Å²) in [6, 6.07) is 18.4. The molecule has 188 valence electrons. The first kappa shape index (κ1) is 24.4. The summed E-state index contributed by atoms with van der Waals surface area (Å²) in [4.78, 5) is 12.3. The molecular weight excluding hydrogens is 472 g/mol. The van der Waals surface area contributed by atoms with Crippen molar-refractivity contribution in [3.8, 4) is 5.69 Å². The minimum Gasteiger partial charge on any atom is -0.355 e. The lowest BCUT2D eigenvalue weighted by Crippen LogP contribution is -2.36. The van der Waals surface area contributed by atoms with Gasteiger partial charge in [-0.25, -0.2) is 27.4 Å². The van der Waals surface area contributed by atoms with E-state index in [0.29, 0.717) is 26.1 Å². The van der Waals surface area contributed by atoms with E-state index in [-0.39, 0.29) is 5.75 Å². The lowest BCUT2D eigenvalue weighted by Gasteiger charge is -2.23. The quantitative estimate of drug-likeness (QED) is 0.396. The number of sulfonamides is 1. The Morgan fingerprint density at radius 3 is 2.36 bits per heavy atom. The number of aryl methyl sites for hydroxylation is 2. The second-order valence-electron chi connectivity index (χ2n) is 9.30. The van der Waals surface area contributed by atoms with Crippen molar-refractivity contribution < 1.29 is 8.42 Å². The third kappa shape index (κ3) is 4.85. The van der Waals surface area contributed by atoms with Crippen molar-refractivity contribution in [3.05, 3.63) is 77.2 Å². The summed E-state index contributed by atoms with van der Waals surface area (Å²) in [6.45, 7) is 8.03. The van der Waals surface area contributed by atoms with E-state index in [1.54, 1.807) is 11.2 Å². The molecule has 1 fully saturated rings. The molecule has 8 nitrogen and oxygen atoms in total. The maximum absolute atomic E-state index is 12.5. The molecule has 0 unspecified atom stereocenters. The molecule has 5 rings (SSSR count). The normalized spacial score (nSPS) is 15.4. The van der Waals surface area contributed by atoms with Gasteiger partial charge in [-0.1, -0.05) is 48.0 Å². The van der Waals surface area contributed by atoms with Crippen molar-refractivity contribution in [2.24, 2.45) is 0 Å². The maximum atomic E-state index is 12.5. The number of nitrogens with zero attached hydrogens (tertiary/aromatic N) is 6. The van der Waals surface area contributed by atoms with Gasteiger partial charge in [0.1, 0.15) is 11.6 Å². The number of aromatic nitrogens is 4. The van der Waals surface area contributed by atoms with Gasteiger partial charge in [-0.2, -0.15) is 5.10 Å². The Morgan fingerprint density at radius 1 is 0.889 bits per heavy atom. The zero-order chi connectivity index (χ0) is 25.3. The summed E-state index contributed by atoms with van der Waals surface area (Å²) in [7, 11) is -3.23. The van der Waals surface area contributed by atoms with Crippen LogP contribution in [0.4, 0.5) is 5.82 Å². The van der Waals surface area contributed by atoms with Gasteiger partial charge in [0.25, 0.3) is 0 Å². The first-order chi connectivity index (χ1) is 17.4. The van der Waals surface area contributed by atoms with Gasteiger partial charge in [-0.3, -0.25) is 0 Å². The molecule has 0 amide bonds. The van der Waals surface area contributed by atoms with Gasteiger partial charge in [0, 0.05) is 32.6 Å². The zero-order valence-electron chi connectivity index (χ0n) is 21.1. The molecule has 2 aromatic carbocycles. The Kier molecular flexibility index (Phi) is 6.77. The number of rotatable bonds is 6. The number of hydrogen-bond acceptors (Lipinski definition) is 6. The van der Waals surface area contributed by atoms with Crippen molar-refractivity contribution in [3.63, 3.8) is 0 Å². The van der Waals surface area contributed by atoms with E-state index in [0.717, 1.165) is 52.6 Å². The molecule has 0 N–H and O–H groups in total. The van der Waals surface area contributed by atoms with Gasteiger partial charge in [0.15, 0.2) is 5.65 Å². The summed E-state index contributed by atoms with van der Waals surface area (Å²) >= 11 is 0. The van der Waals surface area contributed by atoms with Gasteiger partial charge < -0.3 is 4.90 Å². The SMILES string of the molecule is CCS(=O)(=O)N1CCCN(c2nc(Cc3ccc(C)cc3)nc3c2c(C)nn3-c2ccccc2)CC1. The highest BCUT2D eigenvalue weighted by Gasteiger charge is 2.27. The molecule has 2 aromatic heterocycles. The first-order valence-electron chi connectivity index (χ1n) is 12.5. The highest BCUT2D eigenvalue weighted by Crippen LogP contribution is 2.30. The van der Waals surface area contributed by atoms with Crippen molar-refractivity contribution in [1.29, 1.82) is 0 Å². The van der Waals surface area contributed by atoms with Crippen LogP contribution in [0.1, 0.15) is 36.0 Å². The fraction of sp³-hybridized carbons (Fsp3) is 0.370. The Hall–Kier alpha value is -3.30. The second kappa shape index (κ2) is 9.99. The lowest BCUT2D eigenvalue weighted by atomic mass is 10.1. The number of hydrogen-bond donors (Lipinski definition) is 0. The van der Waals surface area contributed by atoms with E-state index in [2.05, 4.69) is 36.1 Å². The van der Waals surface area contributed by atoms with Crippen LogP contribution >= 0.6 is 0 Å². The molecule has 4 aromatic rings. The Labute approximate surface area is 212 Å². The summed E-state index contributed by atoms with van der Waals surface area (Å²) in [5.74, 6) is 1.67. The standard InChI is InChI=1S/C27H32N6O2S/c1-4-36(34,35)32-16-8-15-31(17-18-32)26-25-21(3)30-33(23-9-6-5-7-10-23)27(25)29-24(28-26)19-22-13-11-20(2)12-14-22/h5-7,9-14H,4,8,15-19H2,1-3H3. The summed E-state index contributed by atoms with van der Waals surface area (Å²) < 4.78 is 28.6. The fourth-order valence-corrected chi connectivity index (χ4v) is 5.85. The van der Waals surface area contributed by atoms with E-state index < -0.39 is 10.0 Å². The lowest BCUT2D eigenvalue weighted by molar-refractivity contribution is 0.434. The Balaban J connectivity index is 1.60. The molecule has 3 heterocycles. The average molecular weight is 505 g/mol. The summed E-state index contributed by atoms with van der Waals surface area (Å²) in [5, 5.41) is 5.76. The number of benzene rings is 2. The van der Waals surface area contributed by atoms with Crippen molar-refractivity contribution in [2.45, 2.75) is 33.6 Å². The molecule has 1 aliphatic heterocycles. The minimum absolute atomic E-state index is 0.119. The van der Waals surface area contributed by atoms with Gasteiger partial charge in [-0.15, -0.1) is 0 Å². The van der Waals surface area contributed by atoms with E-state index >= 15 is 0 Å². The molecule has 1 saturated heterocycles. The summed E-state index contributed by atoms with van der Waals surface area (Å²) in [6.07, 6.45) is 1.34. The topological polar surface area (TPSA) is 84.2 Å². The monoisotopic (exact) mass is 504 g/mol. The van der Waals surface area contributed by atoms with Crippen LogP contribution in [-0.2, 0) is 16.4 Å². The van der Waals surface area contributed by atoms with Crippen LogP contribution in [0.3, 0.4) is 0 Å². The van der Waals surface area contributed by atoms with E-state index in [9.17, 15) is 8.42 Å². The van der Waals surface area contributed by atoms with Crippen LogP contribution in [0, 0.1) is 13.8 Å². The van der Waals surface area contributed by atoms with E-state index in [4.69, 9.17) is 15.1 Å². The molecule has 9 heteroatoms. The Morgan fingerprint density at radius 2 is 1.64 bits per heavy atom. The highest BCUT2D eigenvalue weighted by molar-refractivity contribution is 7.89. The third-order valence-corrected chi connectivity index (χ3v) is 8.61. The largest absolute Gasteiger partial charge is 0.355 e. The first-order valence-corrected chi connectivity index (χ1v) is 14.1. The van der Waals surface area contributed by atoms with Crippen LogP contribution in [-0.4, -0.2) is 64.4 Å². The molecule has 0 saturated carbocycles. The predicted octanol–water partition coefficient (Wildman–Crippen LogP) is 3.88. The number of fused-ring (bicyclic) bond motifs is 1. The fourth-order valence-electron chi connectivity index (χ4n) is 4.72. The zero-order valence-corrected chi connectivity index (χ0v) is 21.9. The molecule has 1 aliphatic rings. The van der Waals surface area contributed by atoms with Crippen molar-refractivity contribution in [1.82, 2.24) is 24.1 Å². The van der Waals surface area contributed by atoms with Crippen LogP contribution in [0.25, 0.3) is 16.7 Å². The smallest absolute Gasteiger partial charge is 0.213 e. The molecule has 0 radical (unpaired) electrons. The van der Waals surface area contributed by atoms with Crippen LogP contribution in [0.15, 0.2) is 54.6 Å². The summed E-state index contributed by atoms with van der Waals surface area (Å²) in [5.41, 5.74) is 4.92. The van der Waals surface area contributed by atoms with Crippen LogP contribution in [0.5, 0.6) is 0 Å². The maximum Gasteiger partial charge on any atom is 0.213 e. The highest BCUT2D eigenvalue weighted by atomic mass is 32.2. The number of para-hydroxylation sites is 1. The molecular formula is C27H32N6O2S. The van der Waals surface area contributed by atoms with Gasteiger partial charge in [0.05, 0.1) is 22.5 Å².